The molecule has 0 saturated carbocycles. The Hall–Kier alpha value is -0.110. The maximum atomic E-state index is 12.8. The Morgan fingerprint density at radius 3 is 3.11 bits per heavy atom. The summed E-state index contributed by atoms with van der Waals surface area (Å²) in [6.45, 7) is 3.53. The minimum absolute atomic E-state index is 0.264. The topological polar surface area (TPSA) is 12.0 Å². The first-order chi connectivity index (χ1) is 4.30. The molecule has 0 aliphatic carbocycles. The zero-order chi connectivity index (χ0) is 6.69. The molecule has 1 rings (SSSR count). The molecule has 0 aromatic rings. The summed E-state index contributed by atoms with van der Waals surface area (Å²) >= 11 is 0. The van der Waals surface area contributed by atoms with Crippen LogP contribution in [0, 0.1) is 5.92 Å². The Kier molecular flexibility index (Phi) is 2.46. The average Bonchev–Trinajstić information content (AvgIpc) is 1.99. The average molecular weight is 131 g/mol. The molecule has 1 heterocycles. The van der Waals surface area contributed by atoms with Gasteiger partial charge in [-0.1, -0.05) is 6.92 Å². The van der Waals surface area contributed by atoms with Gasteiger partial charge in [0.15, 0.2) is 0 Å². The van der Waals surface area contributed by atoms with Crippen molar-refractivity contribution in [3.05, 3.63) is 0 Å². The van der Waals surface area contributed by atoms with E-state index in [-0.39, 0.29) is 5.92 Å². The molecule has 1 aliphatic rings. The summed E-state index contributed by atoms with van der Waals surface area (Å²) in [6.07, 6.45) is 1.54. The molecule has 0 aromatic carbocycles. The molecule has 0 radical (unpaired) electrons. The zero-order valence-electron chi connectivity index (χ0n) is 5.86. The SMILES string of the molecule is CC1CCCNCC1F. The molecule has 1 aliphatic heterocycles. The van der Waals surface area contributed by atoms with E-state index in [0.29, 0.717) is 6.54 Å². The third-order valence-corrected chi connectivity index (χ3v) is 1.97. The highest BCUT2D eigenvalue weighted by atomic mass is 19.1. The van der Waals surface area contributed by atoms with Crippen LogP contribution >= 0.6 is 0 Å². The third-order valence-electron chi connectivity index (χ3n) is 1.97. The van der Waals surface area contributed by atoms with E-state index in [1.54, 1.807) is 0 Å². The van der Waals surface area contributed by atoms with Crippen LogP contribution in [-0.2, 0) is 0 Å². The zero-order valence-corrected chi connectivity index (χ0v) is 5.86. The summed E-state index contributed by atoms with van der Waals surface area (Å²) < 4.78 is 12.8. The van der Waals surface area contributed by atoms with E-state index >= 15 is 0 Å². The van der Waals surface area contributed by atoms with Crippen LogP contribution in [0.3, 0.4) is 0 Å². The van der Waals surface area contributed by atoms with E-state index in [4.69, 9.17) is 0 Å². The summed E-state index contributed by atoms with van der Waals surface area (Å²) in [5, 5.41) is 3.05. The predicted octanol–water partition coefficient (Wildman–Crippen LogP) is 1.34. The molecule has 54 valence electrons. The highest BCUT2D eigenvalue weighted by molar-refractivity contribution is 4.71. The Bertz CT molecular complexity index is 75.0. The second-order valence-corrected chi connectivity index (χ2v) is 2.84. The van der Waals surface area contributed by atoms with Crippen LogP contribution in [0.25, 0.3) is 0 Å². The van der Waals surface area contributed by atoms with Gasteiger partial charge in [0.1, 0.15) is 6.17 Å². The van der Waals surface area contributed by atoms with E-state index in [2.05, 4.69) is 5.32 Å². The lowest BCUT2D eigenvalue weighted by Crippen LogP contribution is -2.24. The van der Waals surface area contributed by atoms with Crippen LogP contribution in [0.4, 0.5) is 4.39 Å². The van der Waals surface area contributed by atoms with Crippen molar-refractivity contribution in [2.45, 2.75) is 25.9 Å². The molecule has 2 atom stereocenters. The maximum absolute atomic E-state index is 12.8. The van der Waals surface area contributed by atoms with E-state index in [1.807, 2.05) is 6.92 Å². The van der Waals surface area contributed by atoms with Crippen molar-refractivity contribution in [1.29, 1.82) is 0 Å². The summed E-state index contributed by atoms with van der Waals surface area (Å²) in [7, 11) is 0. The fourth-order valence-corrected chi connectivity index (χ4v) is 1.17. The fraction of sp³-hybridized carbons (Fsp3) is 1.00. The number of hydrogen-bond donors (Lipinski definition) is 1. The van der Waals surface area contributed by atoms with Gasteiger partial charge in [-0.05, 0) is 25.3 Å². The number of rotatable bonds is 0. The van der Waals surface area contributed by atoms with Gasteiger partial charge in [0, 0.05) is 6.54 Å². The summed E-state index contributed by atoms with van der Waals surface area (Å²) in [5.41, 5.74) is 0. The first-order valence-electron chi connectivity index (χ1n) is 3.65. The minimum Gasteiger partial charge on any atom is -0.314 e. The second-order valence-electron chi connectivity index (χ2n) is 2.84. The van der Waals surface area contributed by atoms with Crippen LogP contribution in [0.5, 0.6) is 0 Å². The molecule has 0 spiro atoms. The normalized spacial score (nSPS) is 38.0. The standard InChI is InChI=1S/C7H14FN/c1-6-3-2-4-9-5-7(6)8/h6-7,9H,2-5H2,1H3. The molecule has 2 heteroatoms. The maximum Gasteiger partial charge on any atom is 0.115 e. The van der Waals surface area contributed by atoms with Gasteiger partial charge in [-0.2, -0.15) is 0 Å². The van der Waals surface area contributed by atoms with Gasteiger partial charge in [-0.3, -0.25) is 0 Å². The van der Waals surface area contributed by atoms with Crippen LogP contribution in [0.2, 0.25) is 0 Å². The molecule has 1 saturated heterocycles. The van der Waals surface area contributed by atoms with Gasteiger partial charge in [0.2, 0.25) is 0 Å². The second kappa shape index (κ2) is 3.16. The molecule has 0 bridgehead atoms. The van der Waals surface area contributed by atoms with Gasteiger partial charge < -0.3 is 5.32 Å². The number of alkyl halides is 1. The molecule has 1 fully saturated rings. The Labute approximate surface area is 55.6 Å². The van der Waals surface area contributed by atoms with E-state index in [9.17, 15) is 4.39 Å². The first-order valence-corrected chi connectivity index (χ1v) is 3.65. The molecule has 1 nitrogen and oxygen atoms in total. The number of halogens is 1. The molecular weight excluding hydrogens is 117 g/mol. The lowest BCUT2D eigenvalue weighted by molar-refractivity contribution is 0.242. The Morgan fingerprint density at radius 1 is 1.56 bits per heavy atom. The van der Waals surface area contributed by atoms with E-state index < -0.39 is 6.17 Å². The van der Waals surface area contributed by atoms with Gasteiger partial charge in [-0.25, -0.2) is 4.39 Å². The highest BCUT2D eigenvalue weighted by Crippen LogP contribution is 2.15. The third kappa shape index (κ3) is 1.94. The summed E-state index contributed by atoms with van der Waals surface area (Å²) in [5.74, 6) is 0.264. The van der Waals surface area contributed by atoms with E-state index in [1.165, 1.54) is 0 Å². The van der Waals surface area contributed by atoms with Crippen LogP contribution in [0.15, 0.2) is 0 Å². The van der Waals surface area contributed by atoms with Crippen molar-refractivity contribution in [1.82, 2.24) is 5.32 Å². The molecular formula is C7H14FN. The largest absolute Gasteiger partial charge is 0.314 e. The van der Waals surface area contributed by atoms with Crippen molar-refractivity contribution >= 4 is 0 Å². The Balaban J connectivity index is 2.32. The quantitative estimate of drug-likeness (QED) is 0.523. The number of hydrogen-bond acceptors (Lipinski definition) is 1. The molecule has 9 heavy (non-hydrogen) atoms. The summed E-state index contributed by atoms with van der Waals surface area (Å²) in [4.78, 5) is 0. The predicted molar refractivity (Wildman–Crippen MR) is 36.2 cm³/mol. The van der Waals surface area contributed by atoms with Crippen molar-refractivity contribution in [2.75, 3.05) is 13.1 Å². The minimum atomic E-state index is -0.618. The van der Waals surface area contributed by atoms with Gasteiger partial charge >= 0.3 is 0 Å². The fourth-order valence-electron chi connectivity index (χ4n) is 1.17. The lowest BCUT2D eigenvalue weighted by atomic mass is 10.0. The molecule has 0 amide bonds. The number of nitrogens with one attached hydrogen (secondary N) is 1. The lowest BCUT2D eigenvalue weighted by Gasteiger charge is -2.10. The van der Waals surface area contributed by atoms with Gasteiger partial charge in [0.05, 0.1) is 0 Å². The van der Waals surface area contributed by atoms with Crippen LogP contribution in [-0.4, -0.2) is 19.3 Å². The van der Waals surface area contributed by atoms with Crippen LogP contribution < -0.4 is 5.32 Å². The van der Waals surface area contributed by atoms with Crippen molar-refractivity contribution < 1.29 is 4.39 Å². The van der Waals surface area contributed by atoms with Gasteiger partial charge in [0.25, 0.3) is 0 Å². The van der Waals surface area contributed by atoms with Gasteiger partial charge in [-0.15, -0.1) is 0 Å². The highest BCUT2D eigenvalue weighted by Gasteiger charge is 2.17. The Morgan fingerprint density at radius 2 is 2.33 bits per heavy atom. The summed E-state index contributed by atoms with van der Waals surface area (Å²) in [6, 6.07) is 0. The van der Waals surface area contributed by atoms with Crippen molar-refractivity contribution in [3.63, 3.8) is 0 Å². The molecule has 0 aromatic heterocycles. The first kappa shape index (κ1) is 7.00. The molecule has 1 N–H and O–H groups in total. The monoisotopic (exact) mass is 131 g/mol. The van der Waals surface area contributed by atoms with Crippen molar-refractivity contribution in [3.8, 4) is 0 Å². The molecule has 2 unspecified atom stereocenters. The van der Waals surface area contributed by atoms with E-state index in [0.717, 1.165) is 19.4 Å². The van der Waals surface area contributed by atoms with Crippen molar-refractivity contribution in [2.24, 2.45) is 5.92 Å². The smallest absolute Gasteiger partial charge is 0.115 e. The van der Waals surface area contributed by atoms with Crippen LogP contribution in [0.1, 0.15) is 19.8 Å².